The first-order chi connectivity index (χ1) is 7.65. The lowest BCUT2D eigenvalue weighted by molar-refractivity contribution is -0.197. The van der Waals surface area contributed by atoms with Gasteiger partial charge in [0.05, 0.1) is 6.42 Å². The molecule has 0 bridgehead atoms. The molecule has 0 aromatic carbocycles. The minimum absolute atomic E-state index is 0.116. The number of hydrogen-bond donors (Lipinski definition) is 0. The molecule has 1 fully saturated rings. The molecule has 0 aliphatic carbocycles. The van der Waals surface area contributed by atoms with Gasteiger partial charge in [0.15, 0.2) is 0 Å². The molecule has 1 aliphatic rings. The second-order valence-electron chi connectivity index (χ2n) is 3.35. The molecule has 6 heteroatoms. The highest BCUT2D eigenvalue weighted by Crippen LogP contribution is 2.12. The monoisotopic (exact) mass is 229 g/mol. The van der Waals surface area contributed by atoms with Gasteiger partial charge in [-0.1, -0.05) is 0 Å². The first-order valence-electron chi connectivity index (χ1n) is 5.29. The van der Waals surface area contributed by atoms with Gasteiger partial charge in [0.25, 0.3) is 11.8 Å². The first kappa shape index (κ1) is 12.6. The van der Waals surface area contributed by atoms with Crippen molar-refractivity contribution in [3.05, 3.63) is 0 Å². The first-order valence-corrected chi connectivity index (χ1v) is 5.29. The lowest BCUT2D eigenvalue weighted by Gasteiger charge is -2.12. The molecule has 0 aromatic rings. The summed E-state index contributed by atoms with van der Waals surface area (Å²) in [5.74, 6) is -1.49. The van der Waals surface area contributed by atoms with Gasteiger partial charge in [0.2, 0.25) is 0 Å². The third-order valence-corrected chi connectivity index (χ3v) is 2.07. The predicted molar refractivity (Wildman–Crippen MR) is 52.9 cm³/mol. The molecule has 0 aromatic heterocycles. The second-order valence-corrected chi connectivity index (χ2v) is 3.35. The molecule has 0 radical (unpaired) electrons. The standard InChI is InChI=1S/C10H15NO5/c1-2-15-7-3-4-10(14)16-11-8(12)5-6-9(11)13/h2-7H2,1H3. The highest BCUT2D eigenvalue weighted by Gasteiger charge is 2.32. The van der Waals surface area contributed by atoms with Gasteiger partial charge in [0.1, 0.15) is 0 Å². The highest BCUT2D eigenvalue weighted by molar-refractivity contribution is 6.01. The number of carbonyl (C=O) groups is 3. The summed E-state index contributed by atoms with van der Waals surface area (Å²) in [5, 5.41) is 0.559. The van der Waals surface area contributed by atoms with Crippen LogP contribution in [0.15, 0.2) is 0 Å². The Kier molecular flexibility index (Phi) is 4.91. The van der Waals surface area contributed by atoms with Crippen molar-refractivity contribution in [2.24, 2.45) is 0 Å². The van der Waals surface area contributed by atoms with E-state index in [0.29, 0.717) is 24.7 Å². The summed E-state index contributed by atoms with van der Waals surface area (Å²) >= 11 is 0. The van der Waals surface area contributed by atoms with E-state index < -0.39 is 17.8 Å². The summed E-state index contributed by atoms with van der Waals surface area (Å²) in [5.41, 5.74) is 0. The number of amides is 2. The summed E-state index contributed by atoms with van der Waals surface area (Å²) in [7, 11) is 0. The average Bonchev–Trinajstić information content (AvgIpc) is 2.56. The fraction of sp³-hybridized carbons (Fsp3) is 0.700. The molecule has 0 spiro atoms. The number of rotatable bonds is 6. The molecule has 0 atom stereocenters. The van der Waals surface area contributed by atoms with E-state index in [4.69, 9.17) is 4.74 Å². The summed E-state index contributed by atoms with van der Waals surface area (Å²) in [6, 6.07) is 0. The fourth-order valence-electron chi connectivity index (χ4n) is 1.27. The Morgan fingerprint density at radius 1 is 1.31 bits per heavy atom. The zero-order valence-electron chi connectivity index (χ0n) is 9.23. The van der Waals surface area contributed by atoms with Gasteiger partial charge in [-0.3, -0.25) is 9.59 Å². The quantitative estimate of drug-likeness (QED) is 0.487. The van der Waals surface area contributed by atoms with Crippen molar-refractivity contribution in [2.45, 2.75) is 32.6 Å². The molecule has 1 rings (SSSR count). The van der Waals surface area contributed by atoms with Crippen molar-refractivity contribution in [1.29, 1.82) is 0 Å². The molecular weight excluding hydrogens is 214 g/mol. The highest BCUT2D eigenvalue weighted by atomic mass is 16.7. The number of ether oxygens (including phenoxy) is 1. The van der Waals surface area contributed by atoms with Crippen molar-refractivity contribution in [1.82, 2.24) is 5.06 Å². The maximum atomic E-state index is 11.2. The number of hydroxylamine groups is 2. The Morgan fingerprint density at radius 2 is 1.94 bits per heavy atom. The Balaban J connectivity index is 2.23. The number of imide groups is 1. The predicted octanol–water partition coefficient (Wildman–Crippen LogP) is 0.410. The van der Waals surface area contributed by atoms with Gasteiger partial charge in [-0.15, -0.1) is 5.06 Å². The number of hydrogen-bond acceptors (Lipinski definition) is 5. The van der Waals surface area contributed by atoms with E-state index in [0.717, 1.165) is 0 Å². The van der Waals surface area contributed by atoms with Crippen LogP contribution in [0, 0.1) is 0 Å². The smallest absolute Gasteiger partial charge is 0.333 e. The topological polar surface area (TPSA) is 72.9 Å². The number of nitrogens with zero attached hydrogens (tertiary/aromatic N) is 1. The second kappa shape index (κ2) is 6.22. The van der Waals surface area contributed by atoms with Crippen LogP contribution in [-0.2, 0) is 24.0 Å². The van der Waals surface area contributed by atoms with Crippen molar-refractivity contribution in [3.8, 4) is 0 Å². The van der Waals surface area contributed by atoms with Crippen molar-refractivity contribution in [3.63, 3.8) is 0 Å². The van der Waals surface area contributed by atoms with E-state index in [1.165, 1.54) is 0 Å². The lowest BCUT2D eigenvalue weighted by atomic mass is 10.3. The molecule has 0 saturated carbocycles. The Hall–Kier alpha value is -1.43. The van der Waals surface area contributed by atoms with Crippen LogP contribution in [-0.4, -0.2) is 36.1 Å². The molecule has 16 heavy (non-hydrogen) atoms. The van der Waals surface area contributed by atoms with E-state index in [1.54, 1.807) is 0 Å². The van der Waals surface area contributed by atoms with Gasteiger partial charge >= 0.3 is 5.97 Å². The third kappa shape index (κ3) is 3.62. The van der Waals surface area contributed by atoms with Gasteiger partial charge in [-0.25, -0.2) is 4.79 Å². The minimum atomic E-state index is -0.580. The summed E-state index contributed by atoms with van der Waals surface area (Å²) in [4.78, 5) is 38.1. The molecule has 0 unspecified atom stereocenters. The minimum Gasteiger partial charge on any atom is -0.382 e. The molecular formula is C10H15NO5. The normalized spacial score (nSPS) is 15.7. The SMILES string of the molecule is CCOCCCC(=O)ON1C(=O)CCC1=O. The van der Waals surface area contributed by atoms with E-state index in [1.807, 2.05) is 6.92 Å². The van der Waals surface area contributed by atoms with E-state index in [2.05, 4.69) is 4.84 Å². The summed E-state index contributed by atoms with van der Waals surface area (Å²) < 4.78 is 5.04. The zero-order valence-corrected chi connectivity index (χ0v) is 9.23. The number of carbonyl (C=O) groups excluding carboxylic acids is 3. The van der Waals surface area contributed by atoms with Gasteiger partial charge < -0.3 is 9.57 Å². The Labute approximate surface area is 93.4 Å². The Morgan fingerprint density at radius 3 is 2.50 bits per heavy atom. The van der Waals surface area contributed by atoms with Crippen LogP contribution in [0.1, 0.15) is 32.6 Å². The molecule has 6 nitrogen and oxygen atoms in total. The maximum Gasteiger partial charge on any atom is 0.333 e. The van der Waals surface area contributed by atoms with Crippen LogP contribution in [0.2, 0.25) is 0 Å². The van der Waals surface area contributed by atoms with Crippen molar-refractivity contribution in [2.75, 3.05) is 13.2 Å². The average molecular weight is 229 g/mol. The van der Waals surface area contributed by atoms with Crippen LogP contribution in [0.4, 0.5) is 0 Å². The lowest BCUT2D eigenvalue weighted by Crippen LogP contribution is -2.32. The molecule has 90 valence electrons. The largest absolute Gasteiger partial charge is 0.382 e. The third-order valence-electron chi connectivity index (χ3n) is 2.07. The van der Waals surface area contributed by atoms with Crippen LogP contribution in [0.25, 0.3) is 0 Å². The molecule has 2 amide bonds. The van der Waals surface area contributed by atoms with Crippen LogP contribution < -0.4 is 0 Å². The zero-order chi connectivity index (χ0) is 12.0. The van der Waals surface area contributed by atoms with Crippen molar-refractivity contribution >= 4 is 17.8 Å². The Bertz CT molecular complexity index is 273. The summed E-state index contributed by atoms with van der Waals surface area (Å²) in [6.07, 6.45) is 0.885. The molecule has 1 saturated heterocycles. The van der Waals surface area contributed by atoms with Crippen LogP contribution in [0.5, 0.6) is 0 Å². The fourth-order valence-corrected chi connectivity index (χ4v) is 1.27. The molecule has 1 heterocycles. The maximum absolute atomic E-state index is 11.2. The van der Waals surface area contributed by atoms with Gasteiger partial charge in [0, 0.05) is 26.1 Å². The summed E-state index contributed by atoms with van der Waals surface area (Å²) in [6.45, 7) is 2.92. The van der Waals surface area contributed by atoms with Crippen LogP contribution >= 0.6 is 0 Å². The van der Waals surface area contributed by atoms with E-state index in [9.17, 15) is 14.4 Å². The van der Waals surface area contributed by atoms with Crippen LogP contribution in [0.3, 0.4) is 0 Å². The molecule has 0 N–H and O–H groups in total. The van der Waals surface area contributed by atoms with E-state index >= 15 is 0 Å². The van der Waals surface area contributed by atoms with Crippen molar-refractivity contribution < 1.29 is 24.0 Å². The molecule has 1 aliphatic heterocycles. The van der Waals surface area contributed by atoms with E-state index in [-0.39, 0.29) is 19.3 Å². The van der Waals surface area contributed by atoms with Gasteiger partial charge in [-0.05, 0) is 13.3 Å². The van der Waals surface area contributed by atoms with Gasteiger partial charge in [-0.2, -0.15) is 0 Å².